The van der Waals surface area contributed by atoms with E-state index < -0.39 is 29.1 Å². The van der Waals surface area contributed by atoms with Gasteiger partial charge in [0, 0.05) is 50.8 Å². The van der Waals surface area contributed by atoms with Crippen LogP contribution in [-0.2, 0) is 14.4 Å². The molecule has 3 aliphatic heterocycles. The molecule has 0 spiro atoms. The number of benzene rings is 2. The second-order valence-electron chi connectivity index (χ2n) is 11.2. The third-order valence-corrected chi connectivity index (χ3v) is 8.59. The van der Waals surface area contributed by atoms with E-state index in [4.69, 9.17) is 14.3 Å². The molecule has 0 radical (unpaired) electrons. The van der Waals surface area contributed by atoms with Crippen LogP contribution in [0.3, 0.4) is 0 Å². The first-order chi connectivity index (χ1) is 22.4. The monoisotopic (exact) mass is 639 g/mol. The van der Waals surface area contributed by atoms with Gasteiger partial charge in [-0.25, -0.2) is 28.2 Å². The Balaban J connectivity index is 1.25. The van der Waals surface area contributed by atoms with Gasteiger partial charge in [0.2, 0.25) is 5.91 Å². The Bertz CT molecular complexity index is 1580. The summed E-state index contributed by atoms with van der Waals surface area (Å²) in [5.74, 6) is -2.63. The minimum absolute atomic E-state index is 0.151. The van der Waals surface area contributed by atoms with Gasteiger partial charge in [-0.05, 0) is 37.1 Å². The third-order valence-electron chi connectivity index (χ3n) is 8.59. The summed E-state index contributed by atoms with van der Waals surface area (Å²) in [4.78, 5) is 31.4. The van der Waals surface area contributed by atoms with E-state index in [9.17, 15) is 18.0 Å². The molecule has 0 bridgehead atoms. The number of halogens is 3. The number of hydroxylamine groups is 1. The first kappa shape index (κ1) is 31.6. The van der Waals surface area contributed by atoms with Gasteiger partial charge >= 0.3 is 0 Å². The molecule has 3 aromatic rings. The van der Waals surface area contributed by atoms with Crippen molar-refractivity contribution in [1.82, 2.24) is 14.9 Å². The van der Waals surface area contributed by atoms with Crippen LogP contribution in [0.2, 0.25) is 0 Å². The van der Waals surface area contributed by atoms with Crippen molar-refractivity contribution in [2.75, 3.05) is 73.7 Å². The fourth-order valence-corrected chi connectivity index (χ4v) is 6.28. The van der Waals surface area contributed by atoms with E-state index in [2.05, 4.69) is 37.0 Å². The fraction of sp³-hybridized carbons (Fsp3) is 0.406. The molecule has 4 heterocycles. The van der Waals surface area contributed by atoms with Crippen LogP contribution in [-0.4, -0.2) is 79.9 Å². The van der Waals surface area contributed by atoms with Crippen LogP contribution in [0.4, 0.5) is 41.9 Å². The zero-order chi connectivity index (χ0) is 32.2. The zero-order valence-corrected chi connectivity index (χ0v) is 25.5. The molecule has 0 aliphatic carbocycles. The molecule has 1 atom stereocenters. The van der Waals surface area contributed by atoms with E-state index >= 15 is 0 Å². The summed E-state index contributed by atoms with van der Waals surface area (Å²) in [6, 6.07) is 6.35. The molecular formula is C32H36F3N7O4. The van der Waals surface area contributed by atoms with Crippen molar-refractivity contribution in [3.8, 4) is 5.75 Å². The Morgan fingerprint density at radius 1 is 1.00 bits per heavy atom. The molecule has 3 saturated heterocycles. The van der Waals surface area contributed by atoms with Crippen molar-refractivity contribution >= 4 is 34.6 Å². The highest BCUT2D eigenvalue weighted by atomic mass is 19.2. The molecule has 6 rings (SSSR count). The summed E-state index contributed by atoms with van der Waals surface area (Å²) in [5, 5.41) is 7.38. The summed E-state index contributed by atoms with van der Waals surface area (Å²) in [6.07, 6.45) is 4.65. The standard InChI is InChI=1S/C32H36F3N7O4/c1-3-30(43)39-23-16-24(27(44-2)17-26(23)41-9-6-20(7-10-41)40-11-14-45-15-12-40)38-28-18-29(37-19-36-28)42-25(8-13-46-42)31-21(33)4-5-22(34)32(31)35/h3-5,16-20,25H,1,6-15H2,2H3,(H,39,43)(H,36,37,38). The van der Waals surface area contributed by atoms with Gasteiger partial charge < -0.3 is 25.0 Å². The maximum Gasteiger partial charge on any atom is 0.247 e. The topological polar surface area (TPSA) is 104 Å². The van der Waals surface area contributed by atoms with Crippen LogP contribution >= 0.6 is 0 Å². The molecule has 0 saturated carbocycles. The van der Waals surface area contributed by atoms with Gasteiger partial charge in [0.25, 0.3) is 0 Å². The Morgan fingerprint density at radius 3 is 2.50 bits per heavy atom. The Hall–Kier alpha value is -4.40. The highest BCUT2D eigenvalue weighted by Crippen LogP contribution is 2.41. The van der Waals surface area contributed by atoms with E-state index in [0.29, 0.717) is 29.0 Å². The minimum Gasteiger partial charge on any atom is -0.494 e. The number of carbonyl (C=O) groups excluding carboxylic acids is 1. The number of piperidine rings is 1. The number of hydrogen-bond donors (Lipinski definition) is 2. The number of hydrogen-bond acceptors (Lipinski definition) is 10. The van der Waals surface area contributed by atoms with Crippen LogP contribution in [0.5, 0.6) is 5.75 Å². The van der Waals surface area contributed by atoms with Crippen molar-refractivity contribution in [2.24, 2.45) is 0 Å². The largest absolute Gasteiger partial charge is 0.494 e. The number of aromatic nitrogens is 2. The van der Waals surface area contributed by atoms with Gasteiger partial charge in [0.1, 0.15) is 23.7 Å². The van der Waals surface area contributed by atoms with E-state index in [1.807, 2.05) is 6.07 Å². The lowest BCUT2D eigenvalue weighted by Crippen LogP contribution is -2.49. The number of methoxy groups -OCH3 is 1. The fourth-order valence-electron chi connectivity index (χ4n) is 6.28. The second kappa shape index (κ2) is 13.9. The van der Waals surface area contributed by atoms with Gasteiger partial charge in [0.05, 0.1) is 55.6 Å². The molecule has 1 amide bonds. The molecule has 1 unspecified atom stereocenters. The van der Waals surface area contributed by atoms with Crippen LogP contribution in [0, 0.1) is 17.5 Å². The van der Waals surface area contributed by atoms with Gasteiger partial charge in [-0.3, -0.25) is 14.5 Å². The second-order valence-corrected chi connectivity index (χ2v) is 11.2. The number of nitrogens with one attached hydrogen (secondary N) is 2. The van der Waals surface area contributed by atoms with Gasteiger partial charge in [-0.1, -0.05) is 6.58 Å². The van der Waals surface area contributed by atoms with Crippen molar-refractivity contribution < 1.29 is 32.3 Å². The maximum atomic E-state index is 14.7. The molecule has 1 aromatic heterocycles. The lowest BCUT2D eigenvalue weighted by atomic mass is 10.0. The summed E-state index contributed by atoms with van der Waals surface area (Å²) < 4.78 is 54.6. The zero-order valence-electron chi connectivity index (χ0n) is 25.5. The number of anilines is 5. The number of carbonyl (C=O) groups is 1. The lowest BCUT2D eigenvalue weighted by molar-refractivity contribution is -0.111. The number of rotatable bonds is 9. The van der Waals surface area contributed by atoms with Gasteiger partial charge in [0.15, 0.2) is 17.5 Å². The summed E-state index contributed by atoms with van der Waals surface area (Å²) in [7, 11) is 1.55. The normalized spacial score (nSPS) is 19.3. The molecular weight excluding hydrogens is 603 g/mol. The minimum atomic E-state index is -1.27. The van der Waals surface area contributed by atoms with Crippen LogP contribution in [0.25, 0.3) is 0 Å². The SMILES string of the molecule is C=CC(=O)Nc1cc(Nc2cc(N3OCCC3c3c(F)ccc(F)c3F)ncn2)c(OC)cc1N1CCC(N2CCOCC2)CC1. The molecule has 3 aliphatic rings. The molecule has 2 aromatic carbocycles. The van der Waals surface area contributed by atoms with Gasteiger partial charge in [-0.15, -0.1) is 0 Å². The summed E-state index contributed by atoms with van der Waals surface area (Å²) in [6.45, 7) is 8.73. The maximum absolute atomic E-state index is 14.7. The molecule has 46 heavy (non-hydrogen) atoms. The van der Waals surface area contributed by atoms with Crippen molar-refractivity contribution in [1.29, 1.82) is 0 Å². The number of ether oxygens (including phenoxy) is 2. The van der Waals surface area contributed by atoms with E-state index in [0.717, 1.165) is 70.1 Å². The Labute approximate surface area is 264 Å². The predicted molar refractivity (Wildman–Crippen MR) is 167 cm³/mol. The van der Waals surface area contributed by atoms with E-state index in [1.54, 1.807) is 19.2 Å². The molecule has 2 N–H and O–H groups in total. The van der Waals surface area contributed by atoms with Crippen LogP contribution in [0.15, 0.2) is 49.3 Å². The Kier molecular flexibility index (Phi) is 9.56. The third kappa shape index (κ3) is 6.59. The molecule has 3 fully saturated rings. The first-order valence-corrected chi connectivity index (χ1v) is 15.2. The number of nitrogens with zero attached hydrogens (tertiary/aromatic N) is 5. The van der Waals surface area contributed by atoms with Gasteiger partial charge in [-0.2, -0.15) is 0 Å². The highest BCUT2D eigenvalue weighted by Gasteiger charge is 2.35. The molecule has 11 nitrogen and oxygen atoms in total. The quantitative estimate of drug-likeness (QED) is 0.247. The average molecular weight is 640 g/mol. The smallest absolute Gasteiger partial charge is 0.247 e. The molecule has 14 heteroatoms. The van der Waals surface area contributed by atoms with Crippen LogP contribution < -0.4 is 25.3 Å². The number of amides is 1. The van der Waals surface area contributed by atoms with Crippen molar-refractivity contribution in [3.63, 3.8) is 0 Å². The summed E-state index contributed by atoms with van der Waals surface area (Å²) >= 11 is 0. The van der Waals surface area contributed by atoms with E-state index in [1.165, 1.54) is 17.5 Å². The first-order valence-electron chi connectivity index (χ1n) is 15.2. The van der Waals surface area contributed by atoms with Crippen molar-refractivity contribution in [2.45, 2.75) is 31.3 Å². The van der Waals surface area contributed by atoms with Crippen LogP contribution in [0.1, 0.15) is 30.9 Å². The number of morpholine rings is 1. The summed E-state index contributed by atoms with van der Waals surface area (Å²) in [5.41, 5.74) is 1.44. The predicted octanol–water partition coefficient (Wildman–Crippen LogP) is 4.95. The van der Waals surface area contributed by atoms with Crippen molar-refractivity contribution in [3.05, 3.63) is 72.3 Å². The molecule has 244 valence electrons. The Morgan fingerprint density at radius 2 is 1.76 bits per heavy atom. The average Bonchev–Trinajstić information content (AvgIpc) is 3.57. The highest BCUT2D eigenvalue weighted by molar-refractivity contribution is 6.02. The lowest BCUT2D eigenvalue weighted by Gasteiger charge is -2.41. The van der Waals surface area contributed by atoms with E-state index in [-0.39, 0.29) is 24.8 Å².